The van der Waals surface area contributed by atoms with E-state index in [9.17, 15) is 0 Å². The van der Waals surface area contributed by atoms with Crippen molar-refractivity contribution in [2.75, 3.05) is 0 Å². The maximum atomic E-state index is 6.13. The van der Waals surface area contributed by atoms with Gasteiger partial charge in [-0.05, 0) is 36.5 Å². The maximum Gasteiger partial charge on any atom is 0.228 e. The highest BCUT2D eigenvalue weighted by Gasteiger charge is 2.29. The Bertz CT molecular complexity index is 590. The summed E-state index contributed by atoms with van der Waals surface area (Å²) in [6.07, 6.45) is 3.50. The summed E-state index contributed by atoms with van der Waals surface area (Å²) in [5.74, 6) is 1.78. The van der Waals surface area contributed by atoms with Gasteiger partial charge in [-0.2, -0.15) is 4.98 Å². The molecule has 0 amide bonds. The standard InChI is InChI=1S/C14H15Cl2N3O/c15-10-2-1-3-11(16)9(10)6-13-18-14(20-19-13)7-12(17)8-4-5-8/h1-3,8,12H,4-7,17H2. The molecule has 1 saturated carbocycles. The predicted octanol–water partition coefficient (Wildman–Crippen LogP) is 3.25. The first-order valence-electron chi connectivity index (χ1n) is 6.63. The van der Waals surface area contributed by atoms with Crippen molar-refractivity contribution in [3.05, 3.63) is 45.5 Å². The van der Waals surface area contributed by atoms with Crippen molar-refractivity contribution in [2.45, 2.75) is 31.7 Å². The molecule has 1 aromatic carbocycles. The fourth-order valence-corrected chi connectivity index (χ4v) is 2.73. The number of benzene rings is 1. The Hall–Kier alpha value is -1.10. The van der Waals surface area contributed by atoms with Gasteiger partial charge in [0.15, 0.2) is 5.82 Å². The number of aromatic nitrogens is 2. The van der Waals surface area contributed by atoms with Crippen LogP contribution in [0, 0.1) is 5.92 Å². The lowest BCUT2D eigenvalue weighted by Gasteiger charge is -2.05. The molecule has 0 aliphatic heterocycles. The van der Waals surface area contributed by atoms with Gasteiger partial charge in [-0.15, -0.1) is 0 Å². The van der Waals surface area contributed by atoms with Crippen LogP contribution in [0.5, 0.6) is 0 Å². The van der Waals surface area contributed by atoms with E-state index >= 15 is 0 Å². The van der Waals surface area contributed by atoms with Crippen molar-refractivity contribution in [1.29, 1.82) is 0 Å². The van der Waals surface area contributed by atoms with E-state index in [1.807, 2.05) is 6.07 Å². The first-order chi connectivity index (χ1) is 9.63. The fraction of sp³-hybridized carbons (Fsp3) is 0.429. The van der Waals surface area contributed by atoms with Crippen LogP contribution in [0.4, 0.5) is 0 Å². The summed E-state index contributed by atoms with van der Waals surface area (Å²) in [5.41, 5.74) is 6.87. The Kier molecular flexibility index (Phi) is 3.96. The third-order valence-corrected chi connectivity index (χ3v) is 4.25. The average molecular weight is 312 g/mol. The van der Waals surface area contributed by atoms with E-state index in [4.69, 9.17) is 33.5 Å². The summed E-state index contributed by atoms with van der Waals surface area (Å²) >= 11 is 12.3. The molecular formula is C14H15Cl2N3O. The molecule has 2 N–H and O–H groups in total. The SMILES string of the molecule is NC(Cc1nc(Cc2c(Cl)cccc2Cl)no1)C1CC1. The molecule has 1 unspecified atom stereocenters. The van der Waals surface area contributed by atoms with Crippen LogP contribution in [0.2, 0.25) is 10.0 Å². The monoisotopic (exact) mass is 311 g/mol. The minimum atomic E-state index is 0.118. The lowest BCUT2D eigenvalue weighted by molar-refractivity contribution is 0.359. The number of halogens is 2. The second kappa shape index (κ2) is 5.72. The van der Waals surface area contributed by atoms with Crippen molar-refractivity contribution >= 4 is 23.2 Å². The summed E-state index contributed by atoms with van der Waals surface area (Å²) in [4.78, 5) is 4.36. The Morgan fingerprint density at radius 2 is 2.00 bits per heavy atom. The molecule has 3 rings (SSSR count). The van der Waals surface area contributed by atoms with Crippen LogP contribution in [0.25, 0.3) is 0 Å². The highest BCUT2D eigenvalue weighted by Crippen LogP contribution is 2.32. The summed E-state index contributed by atoms with van der Waals surface area (Å²) in [6.45, 7) is 0. The second-order valence-electron chi connectivity index (χ2n) is 5.19. The van der Waals surface area contributed by atoms with Crippen LogP contribution in [0.3, 0.4) is 0 Å². The van der Waals surface area contributed by atoms with Crippen LogP contribution in [-0.4, -0.2) is 16.2 Å². The van der Waals surface area contributed by atoms with Crippen molar-refractivity contribution in [3.8, 4) is 0 Å². The number of hydrogen-bond acceptors (Lipinski definition) is 4. The topological polar surface area (TPSA) is 64.9 Å². The molecule has 1 heterocycles. The molecule has 106 valence electrons. The number of rotatable bonds is 5. The fourth-order valence-electron chi connectivity index (χ4n) is 2.20. The van der Waals surface area contributed by atoms with E-state index in [0.29, 0.717) is 40.5 Å². The molecule has 1 aliphatic rings. The van der Waals surface area contributed by atoms with E-state index in [1.54, 1.807) is 12.1 Å². The van der Waals surface area contributed by atoms with Gasteiger partial charge in [0.2, 0.25) is 5.89 Å². The summed E-state index contributed by atoms with van der Waals surface area (Å²) < 4.78 is 5.24. The molecule has 0 spiro atoms. The van der Waals surface area contributed by atoms with Gasteiger partial charge < -0.3 is 10.3 Å². The van der Waals surface area contributed by atoms with Gasteiger partial charge >= 0.3 is 0 Å². The van der Waals surface area contributed by atoms with E-state index in [0.717, 1.165) is 5.56 Å². The van der Waals surface area contributed by atoms with Gasteiger partial charge in [0.25, 0.3) is 0 Å². The molecule has 0 radical (unpaired) electrons. The Labute approximate surface area is 127 Å². The largest absolute Gasteiger partial charge is 0.339 e. The predicted molar refractivity (Wildman–Crippen MR) is 78.0 cm³/mol. The first kappa shape index (κ1) is 13.9. The molecule has 1 aliphatic carbocycles. The molecule has 4 nitrogen and oxygen atoms in total. The minimum absolute atomic E-state index is 0.118. The maximum absolute atomic E-state index is 6.13. The van der Waals surface area contributed by atoms with Crippen LogP contribution < -0.4 is 5.73 Å². The van der Waals surface area contributed by atoms with Gasteiger partial charge in [0.05, 0.1) is 0 Å². The molecule has 6 heteroatoms. The minimum Gasteiger partial charge on any atom is -0.339 e. The van der Waals surface area contributed by atoms with E-state index in [2.05, 4.69) is 10.1 Å². The normalized spacial score (nSPS) is 16.4. The zero-order valence-corrected chi connectivity index (χ0v) is 12.4. The van der Waals surface area contributed by atoms with Crippen LogP contribution >= 0.6 is 23.2 Å². The van der Waals surface area contributed by atoms with E-state index in [1.165, 1.54) is 12.8 Å². The van der Waals surface area contributed by atoms with Crippen molar-refractivity contribution in [1.82, 2.24) is 10.1 Å². The van der Waals surface area contributed by atoms with Crippen LogP contribution in [-0.2, 0) is 12.8 Å². The zero-order valence-electron chi connectivity index (χ0n) is 10.9. The third-order valence-electron chi connectivity index (χ3n) is 3.54. The highest BCUT2D eigenvalue weighted by molar-refractivity contribution is 6.36. The van der Waals surface area contributed by atoms with Gasteiger partial charge in [0, 0.05) is 28.9 Å². The summed E-state index contributed by atoms with van der Waals surface area (Å²) in [7, 11) is 0. The first-order valence-corrected chi connectivity index (χ1v) is 7.39. The summed E-state index contributed by atoms with van der Waals surface area (Å²) in [6, 6.07) is 5.52. The second-order valence-corrected chi connectivity index (χ2v) is 6.00. The van der Waals surface area contributed by atoms with E-state index in [-0.39, 0.29) is 6.04 Å². The number of nitrogens with two attached hydrogens (primary N) is 1. The van der Waals surface area contributed by atoms with Crippen molar-refractivity contribution < 1.29 is 4.52 Å². The smallest absolute Gasteiger partial charge is 0.228 e. The molecule has 2 aromatic rings. The Morgan fingerprint density at radius 3 is 2.65 bits per heavy atom. The lowest BCUT2D eigenvalue weighted by Crippen LogP contribution is -2.25. The highest BCUT2D eigenvalue weighted by atomic mass is 35.5. The molecule has 1 aromatic heterocycles. The molecule has 0 saturated heterocycles. The number of nitrogens with zero attached hydrogens (tertiary/aromatic N) is 2. The number of hydrogen-bond donors (Lipinski definition) is 1. The summed E-state index contributed by atoms with van der Waals surface area (Å²) in [5, 5.41) is 5.19. The molecule has 0 bridgehead atoms. The Morgan fingerprint density at radius 1 is 1.30 bits per heavy atom. The molecular weight excluding hydrogens is 297 g/mol. The van der Waals surface area contributed by atoms with Gasteiger partial charge in [0.1, 0.15) is 0 Å². The average Bonchev–Trinajstić information content (AvgIpc) is 3.17. The quantitative estimate of drug-likeness (QED) is 0.920. The van der Waals surface area contributed by atoms with Gasteiger partial charge in [-0.25, -0.2) is 0 Å². The zero-order chi connectivity index (χ0) is 14.1. The molecule has 1 fully saturated rings. The van der Waals surface area contributed by atoms with Gasteiger partial charge in [-0.1, -0.05) is 34.4 Å². The molecule has 1 atom stereocenters. The lowest BCUT2D eigenvalue weighted by atomic mass is 10.1. The van der Waals surface area contributed by atoms with Crippen LogP contribution in [0.1, 0.15) is 30.1 Å². The Balaban J connectivity index is 1.70. The molecule has 20 heavy (non-hydrogen) atoms. The third kappa shape index (κ3) is 3.14. The van der Waals surface area contributed by atoms with Crippen molar-refractivity contribution in [3.63, 3.8) is 0 Å². The van der Waals surface area contributed by atoms with E-state index < -0.39 is 0 Å². The van der Waals surface area contributed by atoms with Crippen LogP contribution in [0.15, 0.2) is 22.7 Å². The van der Waals surface area contributed by atoms with Gasteiger partial charge in [-0.3, -0.25) is 0 Å². The van der Waals surface area contributed by atoms with Crippen molar-refractivity contribution in [2.24, 2.45) is 11.7 Å².